The fourth-order valence-corrected chi connectivity index (χ4v) is 3.29. The Labute approximate surface area is 150 Å². The van der Waals surface area contributed by atoms with E-state index < -0.39 is 0 Å². The van der Waals surface area contributed by atoms with Crippen molar-refractivity contribution in [2.75, 3.05) is 28.4 Å². The highest BCUT2D eigenvalue weighted by molar-refractivity contribution is 7.18. The van der Waals surface area contributed by atoms with Crippen LogP contribution in [0.25, 0.3) is 21.1 Å². The summed E-state index contributed by atoms with van der Waals surface area (Å²) in [7, 11) is 6.47. The lowest BCUT2D eigenvalue weighted by Crippen LogP contribution is -1.90. The minimum absolute atomic E-state index is 0.684. The first-order valence-electron chi connectivity index (χ1n) is 7.48. The minimum Gasteiger partial charge on any atom is -0.497 e. The van der Waals surface area contributed by atoms with E-state index in [-0.39, 0.29) is 0 Å². The number of hydrogen-bond donors (Lipinski definition) is 0. The van der Waals surface area contributed by atoms with Crippen molar-refractivity contribution in [2.45, 2.75) is 0 Å². The summed E-state index contributed by atoms with van der Waals surface area (Å²) in [4.78, 5) is 0. The van der Waals surface area contributed by atoms with Crippen LogP contribution in [0.1, 0.15) is 0 Å². The molecule has 0 fully saturated rings. The highest BCUT2D eigenvalue weighted by Crippen LogP contribution is 2.40. The van der Waals surface area contributed by atoms with Crippen LogP contribution in [0, 0.1) is 0 Å². The van der Waals surface area contributed by atoms with Crippen LogP contribution in [-0.4, -0.2) is 38.6 Å². The number of rotatable bonds is 6. The lowest BCUT2D eigenvalue weighted by molar-refractivity contribution is 0.395. The monoisotopic (exact) mass is 358 g/mol. The third kappa shape index (κ3) is 3.36. The van der Waals surface area contributed by atoms with E-state index in [0.717, 1.165) is 32.6 Å². The van der Waals surface area contributed by atoms with E-state index in [4.69, 9.17) is 18.9 Å². The second kappa shape index (κ2) is 7.40. The molecule has 0 saturated heterocycles. The number of hydrogen-bond acceptors (Lipinski definition) is 7. The van der Waals surface area contributed by atoms with Gasteiger partial charge in [0.15, 0.2) is 10.0 Å². The molecule has 3 rings (SSSR count). The number of aromatic nitrogens is 2. The third-order valence-electron chi connectivity index (χ3n) is 3.70. The maximum Gasteiger partial charge on any atom is 0.151 e. The molecule has 1 aromatic heterocycles. The zero-order chi connectivity index (χ0) is 17.8. The molecule has 0 radical (unpaired) electrons. The van der Waals surface area contributed by atoms with E-state index in [1.165, 1.54) is 11.3 Å². The molecule has 6 nitrogen and oxygen atoms in total. The van der Waals surface area contributed by atoms with Gasteiger partial charge >= 0.3 is 0 Å². The van der Waals surface area contributed by atoms with Crippen molar-refractivity contribution in [2.24, 2.45) is 0 Å². The van der Waals surface area contributed by atoms with Crippen molar-refractivity contribution in [3.05, 3.63) is 36.4 Å². The number of benzene rings is 2. The van der Waals surface area contributed by atoms with Gasteiger partial charge in [-0.3, -0.25) is 0 Å². The first kappa shape index (κ1) is 17.0. The Hall–Kier alpha value is -2.80. The zero-order valence-electron chi connectivity index (χ0n) is 14.4. The normalized spacial score (nSPS) is 10.4. The van der Waals surface area contributed by atoms with Crippen molar-refractivity contribution >= 4 is 11.3 Å². The van der Waals surface area contributed by atoms with Gasteiger partial charge in [-0.15, -0.1) is 10.2 Å². The van der Waals surface area contributed by atoms with Crippen LogP contribution < -0.4 is 18.9 Å². The molecule has 0 aliphatic rings. The van der Waals surface area contributed by atoms with Crippen molar-refractivity contribution < 1.29 is 18.9 Å². The van der Waals surface area contributed by atoms with Gasteiger partial charge in [0.1, 0.15) is 23.0 Å². The van der Waals surface area contributed by atoms with Crippen molar-refractivity contribution in [3.8, 4) is 44.1 Å². The Kier molecular flexibility index (Phi) is 5.04. The topological polar surface area (TPSA) is 62.7 Å². The molecule has 1 heterocycles. The predicted octanol–water partition coefficient (Wildman–Crippen LogP) is 3.91. The number of ether oxygens (including phenoxy) is 4. The number of methoxy groups -OCH3 is 4. The van der Waals surface area contributed by atoms with Crippen LogP contribution in [0.3, 0.4) is 0 Å². The molecule has 0 spiro atoms. The van der Waals surface area contributed by atoms with Crippen LogP contribution in [0.4, 0.5) is 0 Å². The molecule has 3 aromatic rings. The Balaban J connectivity index is 2.01. The molecule has 0 N–H and O–H groups in total. The molecule has 7 heteroatoms. The van der Waals surface area contributed by atoms with E-state index in [9.17, 15) is 0 Å². The van der Waals surface area contributed by atoms with Crippen molar-refractivity contribution in [1.82, 2.24) is 10.2 Å². The van der Waals surface area contributed by atoms with E-state index in [2.05, 4.69) is 10.2 Å². The molecule has 0 unspecified atom stereocenters. The fourth-order valence-electron chi connectivity index (χ4n) is 2.39. The van der Waals surface area contributed by atoms with Gasteiger partial charge in [-0.05, 0) is 24.3 Å². The highest BCUT2D eigenvalue weighted by atomic mass is 32.1. The Morgan fingerprint density at radius 3 is 1.44 bits per heavy atom. The largest absolute Gasteiger partial charge is 0.497 e. The van der Waals surface area contributed by atoms with E-state index in [1.807, 2.05) is 36.4 Å². The quantitative estimate of drug-likeness (QED) is 0.666. The van der Waals surface area contributed by atoms with Gasteiger partial charge in [0.05, 0.1) is 39.6 Å². The second-order valence-electron chi connectivity index (χ2n) is 5.04. The maximum absolute atomic E-state index is 5.45. The summed E-state index contributed by atoms with van der Waals surface area (Å²) in [6, 6.07) is 11.2. The Morgan fingerprint density at radius 2 is 1.08 bits per heavy atom. The molecule has 0 amide bonds. The SMILES string of the molecule is COc1ccc(-c2nnc(-c3ccc(OC)cc3OC)s2)c(OC)c1. The summed E-state index contributed by atoms with van der Waals surface area (Å²) >= 11 is 1.46. The molecular weight excluding hydrogens is 340 g/mol. The molecule has 0 atom stereocenters. The van der Waals surface area contributed by atoms with Crippen LogP contribution in [-0.2, 0) is 0 Å². The third-order valence-corrected chi connectivity index (χ3v) is 4.69. The van der Waals surface area contributed by atoms with Crippen molar-refractivity contribution in [3.63, 3.8) is 0 Å². The average molecular weight is 358 g/mol. The first-order valence-corrected chi connectivity index (χ1v) is 8.30. The van der Waals surface area contributed by atoms with Gasteiger partial charge in [0.2, 0.25) is 0 Å². The Bertz CT molecular complexity index is 809. The smallest absolute Gasteiger partial charge is 0.151 e. The van der Waals surface area contributed by atoms with Crippen LogP contribution in [0.5, 0.6) is 23.0 Å². The van der Waals surface area contributed by atoms with Crippen molar-refractivity contribution in [1.29, 1.82) is 0 Å². The van der Waals surface area contributed by atoms with Gasteiger partial charge in [0, 0.05) is 12.1 Å². The average Bonchev–Trinajstić information content (AvgIpc) is 3.16. The molecule has 0 bridgehead atoms. The Morgan fingerprint density at radius 1 is 0.640 bits per heavy atom. The molecule has 2 aromatic carbocycles. The fraction of sp³-hybridized carbons (Fsp3) is 0.222. The van der Waals surface area contributed by atoms with Crippen LogP contribution >= 0.6 is 11.3 Å². The summed E-state index contributed by atoms with van der Waals surface area (Å²) in [6.07, 6.45) is 0. The lowest BCUT2D eigenvalue weighted by Gasteiger charge is -2.08. The van der Waals surface area contributed by atoms with E-state index in [1.54, 1.807) is 28.4 Å². The van der Waals surface area contributed by atoms with E-state index in [0.29, 0.717) is 11.5 Å². The molecule has 0 aliphatic heterocycles. The molecular formula is C18H18N2O4S. The number of nitrogens with zero attached hydrogens (tertiary/aromatic N) is 2. The summed E-state index contributed by atoms with van der Waals surface area (Å²) in [5.74, 6) is 2.82. The zero-order valence-corrected chi connectivity index (χ0v) is 15.2. The minimum atomic E-state index is 0.684. The van der Waals surface area contributed by atoms with Gasteiger partial charge in [-0.25, -0.2) is 0 Å². The lowest BCUT2D eigenvalue weighted by atomic mass is 10.2. The van der Waals surface area contributed by atoms with Gasteiger partial charge in [-0.1, -0.05) is 11.3 Å². The standard InChI is InChI=1S/C18H18N2O4S/c1-21-11-5-7-13(15(9-11)23-3)17-19-20-18(25-17)14-8-6-12(22-2)10-16(14)24-4/h5-10H,1-4H3. The van der Waals surface area contributed by atoms with Gasteiger partial charge in [0.25, 0.3) is 0 Å². The second-order valence-corrected chi connectivity index (χ2v) is 6.02. The summed E-state index contributed by atoms with van der Waals surface area (Å²) in [5.41, 5.74) is 1.72. The van der Waals surface area contributed by atoms with Crippen LogP contribution in [0.2, 0.25) is 0 Å². The molecule has 130 valence electrons. The highest BCUT2D eigenvalue weighted by Gasteiger charge is 2.16. The predicted molar refractivity (Wildman–Crippen MR) is 97.0 cm³/mol. The summed E-state index contributed by atoms with van der Waals surface area (Å²) in [6.45, 7) is 0. The maximum atomic E-state index is 5.45. The van der Waals surface area contributed by atoms with E-state index >= 15 is 0 Å². The van der Waals surface area contributed by atoms with Gasteiger partial charge in [-0.2, -0.15) is 0 Å². The first-order chi connectivity index (χ1) is 12.2. The van der Waals surface area contributed by atoms with Crippen LogP contribution in [0.15, 0.2) is 36.4 Å². The molecule has 0 aliphatic carbocycles. The molecule has 25 heavy (non-hydrogen) atoms. The summed E-state index contributed by atoms with van der Waals surface area (Å²) < 4.78 is 21.4. The summed E-state index contributed by atoms with van der Waals surface area (Å²) in [5, 5.41) is 10.1. The van der Waals surface area contributed by atoms with Gasteiger partial charge < -0.3 is 18.9 Å². The molecule has 0 saturated carbocycles.